The normalized spacial score (nSPS) is 13.6. The Morgan fingerprint density at radius 1 is 0.920 bits per heavy atom. The van der Waals surface area contributed by atoms with Gasteiger partial charge in [0.05, 0.1) is 0 Å². The third-order valence-corrected chi connectivity index (χ3v) is 9.93. The second-order valence-electron chi connectivity index (χ2n) is 7.94. The summed E-state index contributed by atoms with van der Waals surface area (Å²) in [6.07, 6.45) is 1.97. The monoisotopic (exact) mass is 356 g/mol. The van der Waals surface area contributed by atoms with Gasteiger partial charge in [-0.25, -0.2) is 0 Å². The number of aliphatic hydroxyl groups excluding tert-OH is 1. The summed E-state index contributed by atoms with van der Waals surface area (Å²) in [6.45, 7) is 9.97. The van der Waals surface area contributed by atoms with E-state index >= 15 is 0 Å². The summed E-state index contributed by atoms with van der Waals surface area (Å²) < 4.78 is 6.82. The molecule has 0 aliphatic carbocycles. The summed E-state index contributed by atoms with van der Waals surface area (Å²) in [7, 11) is -2.39. The van der Waals surface area contributed by atoms with Crippen molar-refractivity contribution in [3.63, 3.8) is 0 Å². The zero-order valence-corrected chi connectivity index (χ0v) is 17.0. The van der Waals surface area contributed by atoms with Crippen LogP contribution in [0.15, 0.2) is 60.7 Å². The van der Waals surface area contributed by atoms with Crippen molar-refractivity contribution in [2.75, 3.05) is 13.2 Å². The Labute approximate surface area is 154 Å². The number of hydrogen-bond donors (Lipinski definition) is 1. The fraction of sp³-hybridized carbons (Fsp3) is 0.455. The van der Waals surface area contributed by atoms with Crippen LogP contribution in [0.25, 0.3) is 0 Å². The molecule has 2 nitrogen and oxygen atoms in total. The van der Waals surface area contributed by atoms with E-state index in [0.29, 0.717) is 5.92 Å². The lowest BCUT2D eigenvalue weighted by atomic mass is 10.1. The van der Waals surface area contributed by atoms with E-state index in [4.69, 9.17) is 4.43 Å². The van der Waals surface area contributed by atoms with Crippen molar-refractivity contribution >= 4 is 18.7 Å². The molecule has 1 N–H and O–H groups in total. The van der Waals surface area contributed by atoms with Crippen LogP contribution in [0.3, 0.4) is 0 Å². The van der Waals surface area contributed by atoms with Crippen molar-refractivity contribution in [1.82, 2.24) is 0 Å². The predicted molar refractivity (Wildman–Crippen MR) is 109 cm³/mol. The van der Waals surface area contributed by atoms with Crippen LogP contribution in [0.5, 0.6) is 0 Å². The van der Waals surface area contributed by atoms with Crippen LogP contribution in [0, 0.1) is 5.92 Å². The molecule has 0 aliphatic rings. The predicted octanol–water partition coefficient (Wildman–Crippen LogP) is 3.97. The number of rotatable bonds is 8. The lowest BCUT2D eigenvalue weighted by Gasteiger charge is -2.43. The maximum Gasteiger partial charge on any atom is 0.261 e. The largest absolute Gasteiger partial charge is 0.407 e. The molecular weight excluding hydrogens is 324 g/mol. The highest BCUT2D eigenvalue weighted by molar-refractivity contribution is 6.99. The SMILES string of the molecule is C[C@@H](CO)CCCO[Si](c1ccccc1)(c1ccccc1)C(C)(C)C. The van der Waals surface area contributed by atoms with Gasteiger partial charge in [0, 0.05) is 13.2 Å². The Kier molecular flexibility index (Phi) is 7.00. The molecule has 0 amide bonds. The summed E-state index contributed by atoms with van der Waals surface area (Å²) in [5, 5.41) is 11.9. The second kappa shape index (κ2) is 8.79. The average Bonchev–Trinajstić information content (AvgIpc) is 2.62. The van der Waals surface area contributed by atoms with E-state index in [1.54, 1.807) is 0 Å². The van der Waals surface area contributed by atoms with Crippen molar-refractivity contribution in [1.29, 1.82) is 0 Å². The molecule has 0 spiro atoms. The van der Waals surface area contributed by atoms with E-state index in [9.17, 15) is 5.11 Å². The topological polar surface area (TPSA) is 29.5 Å². The fourth-order valence-electron chi connectivity index (χ4n) is 3.51. The van der Waals surface area contributed by atoms with Crippen LogP contribution in [-0.4, -0.2) is 26.6 Å². The highest BCUT2D eigenvalue weighted by Gasteiger charge is 2.49. The van der Waals surface area contributed by atoms with Gasteiger partial charge >= 0.3 is 0 Å². The summed E-state index contributed by atoms with van der Waals surface area (Å²) in [5.41, 5.74) is 0. The van der Waals surface area contributed by atoms with Gasteiger partial charge in [-0.1, -0.05) is 88.4 Å². The summed E-state index contributed by atoms with van der Waals surface area (Å²) >= 11 is 0. The molecule has 0 aliphatic heterocycles. The smallest absolute Gasteiger partial charge is 0.261 e. The maximum absolute atomic E-state index is 9.25. The number of benzene rings is 2. The fourth-order valence-corrected chi connectivity index (χ4v) is 8.12. The van der Waals surface area contributed by atoms with E-state index in [1.165, 1.54) is 10.4 Å². The van der Waals surface area contributed by atoms with Crippen molar-refractivity contribution in [2.45, 2.75) is 45.6 Å². The molecule has 0 unspecified atom stereocenters. The van der Waals surface area contributed by atoms with Crippen LogP contribution in [0.1, 0.15) is 40.5 Å². The van der Waals surface area contributed by atoms with Crippen LogP contribution < -0.4 is 10.4 Å². The van der Waals surface area contributed by atoms with Gasteiger partial charge in [-0.2, -0.15) is 0 Å². The minimum Gasteiger partial charge on any atom is -0.407 e. The minimum absolute atomic E-state index is 0.0261. The Morgan fingerprint density at radius 3 is 1.80 bits per heavy atom. The molecule has 1 atom stereocenters. The molecule has 0 heterocycles. The van der Waals surface area contributed by atoms with Crippen molar-refractivity contribution < 1.29 is 9.53 Å². The van der Waals surface area contributed by atoms with E-state index in [2.05, 4.69) is 88.4 Å². The van der Waals surface area contributed by atoms with E-state index < -0.39 is 8.32 Å². The van der Waals surface area contributed by atoms with Crippen molar-refractivity contribution in [3.8, 4) is 0 Å². The van der Waals surface area contributed by atoms with Gasteiger partial charge in [0.2, 0.25) is 0 Å². The van der Waals surface area contributed by atoms with Crippen LogP contribution in [-0.2, 0) is 4.43 Å². The zero-order valence-electron chi connectivity index (χ0n) is 16.0. The van der Waals surface area contributed by atoms with Gasteiger partial charge in [0.25, 0.3) is 8.32 Å². The van der Waals surface area contributed by atoms with Crippen LogP contribution in [0.4, 0.5) is 0 Å². The molecule has 2 aromatic rings. The molecule has 0 radical (unpaired) electrons. The Morgan fingerprint density at radius 2 is 1.40 bits per heavy atom. The lowest BCUT2D eigenvalue weighted by Crippen LogP contribution is -2.66. The first-order valence-corrected chi connectivity index (χ1v) is 11.2. The van der Waals surface area contributed by atoms with Gasteiger partial charge in [0.1, 0.15) is 0 Å². The standard InChI is InChI=1S/C22H32O2Si/c1-19(18-23)12-11-17-24-25(22(2,3)4,20-13-7-5-8-14-20)21-15-9-6-10-16-21/h5-10,13-16,19,23H,11-12,17-18H2,1-4H3/t19-/m1/s1. The first kappa shape index (κ1) is 19.9. The molecule has 0 fully saturated rings. The van der Waals surface area contributed by atoms with Crippen LogP contribution in [0.2, 0.25) is 5.04 Å². The van der Waals surface area contributed by atoms with E-state index in [-0.39, 0.29) is 11.6 Å². The molecule has 2 aromatic carbocycles. The molecule has 2 rings (SSSR count). The third-order valence-electron chi connectivity index (χ3n) is 4.89. The lowest BCUT2D eigenvalue weighted by molar-refractivity contribution is 0.214. The molecule has 0 saturated carbocycles. The Hall–Kier alpha value is -1.42. The molecule has 25 heavy (non-hydrogen) atoms. The van der Waals surface area contributed by atoms with Crippen molar-refractivity contribution in [3.05, 3.63) is 60.7 Å². The summed E-state index contributed by atoms with van der Waals surface area (Å²) in [6, 6.07) is 21.5. The zero-order chi connectivity index (χ0) is 18.3. The summed E-state index contributed by atoms with van der Waals surface area (Å²) in [5.74, 6) is 0.336. The van der Waals surface area contributed by atoms with Crippen molar-refractivity contribution in [2.24, 2.45) is 5.92 Å². The Balaban J connectivity index is 2.39. The Bertz CT molecular complexity index is 580. The molecule has 0 bridgehead atoms. The van der Waals surface area contributed by atoms with Gasteiger partial charge in [0.15, 0.2) is 0 Å². The van der Waals surface area contributed by atoms with Gasteiger partial charge < -0.3 is 9.53 Å². The van der Waals surface area contributed by atoms with Crippen LogP contribution >= 0.6 is 0 Å². The molecular formula is C22H32O2Si. The quantitative estimate of drug-likeness (QED) is 0.573. The highest BCUT2D eigenvalue weighted by Crippen LogP contribution is 2.36. The highest BCUT2D eigenvalue weighted by atomic mass is 28.4. The first-order valence-electron chi connectivity index (χ1n) is 9.27. The first-order chi connectivity index (χ1) is 11.9. The van der Waals surface area contributed by atoms with Gasteiger partial charge in [-0.3, -0.25) is 0 Å². The van der Waals surface area contributed by atoms with E-state index in [1.807, 2.05) is 0 Å². The molecule has 0 aromatic heterocycles. The number of aliphatic hydroxyl groups is 1. The maximum atomic E-state index is 9.25. The minimum atomic E-state index is -2.39. The average molecular weight is 357 g/mol. The number of hydrogen-bond acceptors (Lipinski definition) is 2. The molecule has 3 heteroatoms. The van der Waals surface area contributed by atoms with Gasteiger partial charge in [-0.05, 0) is 34.2 Å². The second-order valence-corrected chi connectivity index (χ2v) is 12.2. The summed E-state index contributed by atoms with van der Waals surface area (Å²) in [4.78, 5) is 0. The molecule has 0 saturated heterocycles. The van der Waals surface area contributed by atoms with Gasteiger partial charge in [-0.15, -0.1) is 0 Å². The third kappa shape index (κ3) is 4.60. The molecule has 136 valence electrons. The van der Waals surface area contributed by atoms with E-state index in [0.717, 1.165) is 19.4 Å².